The monoisotopic (exact) mass is 552 g/mol. The lowest BCUT2D eigenvalue weighted by Gasteiger charge is -2.26. The molecule has 0 unspecified atom stereocenters. The van der Waals surface area contributed by atoms with E-state index < -0.39 is 39.3 Å². The Kier molecular flexibility index (Phi) is 5.97. The van der Waals surface area contributed by atoms with Gasteiger partial charge in [0, 0.05) is 44.4 Å². The average Bonchev–Trinajstić information content (AvgIpc) is 3.32. The molecule has 1 fully saturated rings. The Labute approximate surface area is 214 Å². The van der Waals surface area contributed by atoms with E-state index in [9.17, 15) is 25.0 Å². The summed E-state index contributed by atoms with van der Waals surface area (Å²) in [6, 6.07) is 16.5. The molecule has 1 amide bonds. The van der Waals surface area contributed by atoms with E-state index in [4.69, 9.17) is 4.74 Å². The minimum absolute atomic E-state index is 0.0302. The summed E-state index contributed by atoms with van der Waals surface area (Å²) in [6.07, 6.45) is 0. The highest BCUT2D eigenvalue weighted by Crippen LogP contribution is 2.51. The van der Waals surface area contributed by atoms with Gasteiger partial charge in [-0.25, -0.2) is 0 Å². The number of nitro groups is 2. The van der Waals surface area contributed by atoms with Crippen molar-refractivity contribution in [2.75, 3.05) is 5.32 Å². The highest BCUT2D eigenvalue weighted by molar-refractivity contribution is 9.10. The molecule has 10 nitrogen and oxygen atoms in total. The molecule has 0 saturated carbocycles. The maximum atomic E-state index is 13.3. The van der Waals surface area contributed by atoms with Crippen LogP contribution in [0.3, 0.4) is 0 Å². The lowest BCUT2D eigenvalue weighted by molar-refractivity contribution is -0.532. The lowest BCUT2D eigenvalue weighted by atomic mass is 9.78. The van der Waals surface area contributed by atoms with Gasteiger partial charge in [-0.3, -0.25) is 30.3 Å². The molecule has 3 aromatic carbocycles. The van der Waals surface area contributed by atoms with Gasteiger partial charge in [0.15, 0.2) is 5.54 Å². The fraction of sp³-hybridized carbons (Fsp3) is 0.240. The number of benzene rings is 3. The van der Waals surface area contributed by atoms with E-state index in [1.54, 1.807) is 54.6 Å². The van der Waals surface area contributed by atoms with Crippen LogP contribution in [0, 0.1) is 20.2 Å². The number of ether oxygens (including phenoxy) is 1. The van der Waals surface area contributed by atoms with Crippen molar-refractivity contribution in [3.63, 3.8) is 0 Å². The second kappa shape index (κ2) is 8.99. The fourth-order valence-electron chi connectivity index (χ4n) is 5.35. The number of nitrogens with one attached hydrogen (secondary N) is 2. The quantitative estimate of drug-likeness (QED) is 0.339. The van der Waals surface area contributed by atoms with Crippen LogP contribution in [0.2, 0.25) is 0 Å². The molecule has 36 heavy (non-hydrogen) atoms. The van der Waals surface area contributed by atoms with Crippen molar-refractivity contribution >= 4 is 33.2 Å². The zero-order valence-corrected chi connectivity index (χ0v) is 20.6. The summed E-state index contributed by atoms with van der Waals surface area (Å²) >= 11 is 3.45. The van der Waals surface area contributed by atoms with Crippen LogP contribution in [0.4, 0.5) is 11.4 Å². The van der Waals surface area contributed by atoms with Crippen LogP contribution >= 0.6 is 15.9 Å². The number of fused-ring (bicyclic) bond motifs is 2. The van der Waals surface area contributed by atoms with E-state index >= 15 is 0 Å². The average molecular weight is 553 g/mol. The fourth-order valence-corrected chi connectivity index (χ4v) is 5.73. The van der Waals surface area contributed by atoms with Gasteiger partial charge in [0.05, 0.1) is 10.8 Å². The van der Waals surface area contributed by atoms with Gasteiger partial charge in [0.25, 0.3) is 17.6 Å². The number of non-ortho nitro benzene ring substituents is 1. The first-order valence-electron chi connectivity index (χ1n) is 11.2. The molecule has 0 bridgehead atoms. The molecule has 0 aromatic heterocycles. The van der Waals surface area contributed by atoms with E-state index in [0.29, 0.717) is 32.6 Å². The van der Waals surface area contributed by atoms with Gasteiger partial charge in [-0.1, -0.05) is 46.3 Å². The van der Waals surface area contributed by atoms with Crippen molar-refractivity contribution in [1.29, 1.82) is 0 Å². The van der Waals surface area contributed by atoms with Gasteiger partial charge >= 0.3 is 0 Å². The molecular formula is C25H21BrN4O6. The summed E-state index contributed by atoms with van der Waals surface area (Å²) in [4.78, 5) is 36.1. The SMILES string of the molecule is C[C@@H]1N[C@]2(C(=O)Nc3ccccc32)[C@@H]([N+](=O)[O-])[C@@H]1c1cc(Br)ccc1OCc1cccc([N+](=O)[O-])c1. The van der Waals surface area contributed by atoms with E-state index in [1.807, 2.05) is 6.92 Å². The molecule has 0 aliphatic carbocycles. The minimum atomic E-state index is -1.54. The predicted octanol–water partition coefficient (Wildman–Crippen LogP) is 4.50. The third-order valence-corrected chi connectivity index (χ3v) is 7.30. The number of carbonyl (C=O) groups excluding carboxylic acids is 1. The first kappa shape index (κ1) is 23.9. The molecule has 2 aliphatic heterocycles. The lowest BCUT2D eigenvalue weighted by Crippen LogP contribution is -2.54. The van der Waals surface area contributed by atoms with Crippen LogP contribution in [-0.2, 0) is 16.9 Å². The zero-order valence-electron chi connectivity index (χ0n) is 19.0. The third-order valence-electron chi connectivity index (χ3n) is 6.81. The molecule has 184 valence electrons. The highest BCUT2D eigenvalue weighted by Gasteiger charge is 2.68. The predicted molar refractivity (Wildman–Crippen MR) is 134 cm³/mol. The molecule has 2 N–H and O–H groups in total. The number of rotatable bonds is 6. The molecule has 0 radical (unpaired) electrons. The minimum Gasteiger partial charge on any atom is -0.489 e. The molecule has 11 heteroatoms. The highest BCUT2D eigenvalue weighted by atomic mass is 79.9. The smallest absolute Gasteiger partial charge is 0.269 e. The van der Waals surface area contributed by atoms with Crippen LogP contribution in [0.5, 0.6) is 5.75 Å². The van der Waals surface area contributed by atoms with Crippen LogP contribution in [0.25, 0.3) is 0 Å². The van der Waals surface area contributed by atoms with E-state index in [-0.39, 0.29) is 12.3 Å². The molecule has 4 atom stereocenters. The number of hydrogen-bond donors (Lipinski definition) is 2. The largest absolute Gasteiger partial charge is 0.489 e. The normalized spacial score (nSPS) is 24.4. The molecule has 2 heterocycles. The van der Waals surface area contributed by atoms with Crippen molar-refractivity contribution in [3.8, 4) is 5.75 Å². The van der Waals surface area contributed by atoms with Gasteiger partial charge < -0.3 is 10.1 Å². The van der Waals surface area contributed by atoms with Gasteiger partial charge in [-0.15, -0.1) is 0 Å². The first-order valence-corrected chi connectivity index (χ1v) is 12.0. The number of nitrogens with zero attached hydrogens (tertiary/aromatic N) is 2. The number of anilines is 1. The summed E-state index contributed by atoms with van der Waals surface area (Å²) in [6.45, 7) is 1.85. The van der Waals surface area contributed by atoms with Crippen LogP contribution in [0.1, 0.15) is 29.5 Å². The number of halogens is 1. The summed E-state index contributed by atoms with van der Waals surface area (Å²) in [5, 5.41) is 29.8. The van der Waals surface area contributed by atoms with E-state index in [1.165, 1.54) is 12.1 Å². The summed E-state index contributed by atoms with van der Waals surface area (Å²) in [5.41, 5.74) is 0.643. The Morgan fingerprint density at radius 3 is 2.58 bits per heavy atom. The summed E-state index contributed by atoms with van der Waals surface area (Å²) < 4.78 is 6.76. The number of carbonyl (C=O) groups is 1. The van der Waals surface area contributed by atoms with Crippen molar-refractivity contribution in [3.05, 3.63) is 108 Å². The van der Waals surface area contributed by atoms with Crippen molar-refractivity contribution in [2.45, 2.75) is 37.1 Å². The first-order chi connectivity index (χ1) is 17.2. The Bertz CT molecular complexity index is 1400. The molecular weight excluding hydrogens is 532 g/mol. The summed E-state index contributed by atoms with van der Waals surface area (Å²) in [7, 11) is 0. The number of nitro benzene ring substituents is 1. The summed E-state index contributed by atoms with van der Waals surface area (Å²) in [5.74, 6) is -0.776. The Balaban J connectivity index is 1.55. The number of hydrogen-bond acceptors (Lipinski definition) is 7. The molecule has 3 aromatic rings. The standard InChI is InChI=1S/C25H21BrN4O6/c1-14-22(23(30(34)35)25(28-14)19-7-2-3-8-20(19)27-24(25)31)18-12-16(26)9-10-21(18)36-13-15-5-4-6-17(11-15)29(32)33/h2-12,14,22-23,28H,13H2,1H3,(H,27,31)/t14-,22-,23-,25-/m0/s1. The molecule has 5 rings (SSSR count). The maximum absolute atomic E-state index is 13.3. The van der Waals surface area contributed by atoms with Crippen molar-refractivity contribution in [2.24, 2.45) is 0 Å². The van der Waals surface area contributed by atoms with Gasteiger partial charge in [-0.2, -0.15) is 0 Å². The molecule has 2 aliphatic rings. The Morgan fingerprint density at radius 1 is 1.06 bits per heavy atom. The van der Waals surface area contributed by atoms with Gasteiger partial charge in [0.2, 0.25) is 0 Å². The van der Waals surface area contributed by atoms with Gasteiger partial charge in [-0.05, 0) is 36.8 Å². The van der Waals surface area contributed by atoms with Crippen molar-refractivity contribution in [1.82, 2.24) is 5.32 Å². The molecule has 1 saturated heterocycles. The third kappa shape index (κ3) is 3.80. The van der Waals surface area contributed by atoms with Crippen LogP contribution < -0.4 is 15.4 Å². The van der Waals surface area contributed by atoms with Crippen LogP contribution in [0.15, 0.2) is 71.2 Å². The number of para-hydroxylation sites is 1. The zero-order chi connectivity index (χ0) is 25.6. The van der Waals surface area contributed by atoms with Crippen LogP contribution in [-0.4, -0.2) is 27.8 Å². The van der Waals surface area contributed by atoms with Gasteiger partial charge in [0.1, 0.15) is 12.4 Å². The molecule has 1 spiro atoms. The Hall–Kier alpha value is -3.83. The van der Waals surface area contributed by atoms with E-state index in [2.05, 4.69) is 26.6 Å². The maximum Gasteiger partial charge on any atom is 0.269 e. The number of amides is 1. The second-order valence-corrected chi connectivity index (χ2v) is 9.81. The topological polar surface area (TPSA) is 137 Å². The second-order valence-electron chi connectivity index (χ2n) is 8.89. The van der Waals surface area contributed by atoms with E-state index in [0.717, 1.165) is 0 Å². The van der Waals surface area contributed by atoms with Crippen molar-refractivity contribution < 1.29 is 19.4 Å². The Morgan fingerprint density at radius 2 is 1.83 bits per heavy atom.